The van der Waals surface area contributed by atoms with E-state index in [1.807, 2.05) is 0 Å². The van der Waals surface area contributed by atoms with Crippen molar-refractivity contribution in [2.75, 3.05) is 30.9 Å². The van der Waals surface area contributed by atoms with Gasteiger partial charge in [-0.3, -0.25) is 4.72 Å². The molecule has 0 unspecified atom stereocenters. The molecule has 2 rings (SSSR count). The maximum absolute atomic E-state index is 13.3. The predicted molar refractivity (Wildman–Crippen MR) is 93.1 cm³/mol. The van der Waals surface area contributed by atoms with E-state index in [0.717, 1.165) is 0 Å². The molecular formula is C16H24FN3O4S. The zero-order valence-corrected chi connectivity index (χ0v) is 15.7. The average Bonchev–Trinajstić information content (AvgIpc) is 2.49. The number of rotatable bonds is 3. The van der Waals surface area contributed by atoms with Gasteiger partial charge in [0.2, 0.25) is 0 Å². The highest BCUT2D eigenvalue weighted by molar-refractivity contribution is 7.90. The lowest BCUT2D eigenvalue weighted by Crippen LogP contribution is -2.52. The third kappa shape index (κ3) is 5.30. The van der Waals surface area contributed by atoms with Crippen LogP contribution in [0.2, 0.25) is 0 Å². The zero-order chi connectivity index (χ0) is 18.8. The van der Waals surface area contributed by atoms with Gasteiger partial charge in [0.05, 0.1) is 5.69 Å². The van der Waals surface area contributed by atoms with Crippen LogP contribution >= 0.6 is 0 Å². The number of ether oxygens (including phenoxy) is 1. The monoisotopic (exact) mass is 373 g/mol. The Labute approximate surface area is 147 Å². The molecule has 1 fully saturated rings. The number of halogens is 1. The summed E-state index contributed by atoms with van der Waals surface area (Å²) in [5, 5.41) is 0. The van der Waals surface area contributed by atoms with E-state index in [0.29, 0.717) is 11.3 Å². The number of hydrogen-bond donors (Lipinski definition) is 1. The van der Waals surface area contributed by atoms with Crippen LogP contribution < -0.4 is 4.72 Å². The molecule has 1 heterocycles. The molecule has 0 saturated carbocycles. The number of benzene rings is 1. The molecule has 7 nitrogen and oxygen atoms in total. The second-order valence-corrected chi connectivity index (χ2v) is 8.61. The van der Waals surface area contributed by atoms with Gasteiger partial charge in [-0.25, -0.2) is 9.18 Å². The van der Waals surface area contributed by atoms with E-state index in [-0.39, 0.29) is 26.2 Å². The molecule has 1 aliphatic rings. The molecule has 140 valence electrons. The summed E-state index contributed by atoms with van der Waals surface area (Å²) in [4.78, 5) is 13.5. The first-order chi connectivity index (χ1) is 11.5. The van der Waals surface area contributed by atoms with Crippen LogP contribution in [0.1, 0.15) is 26.3 Å². The second kappa shape index (κ2) is 7.17. The van der Waals surface area contributed by atoms with Gasteiger partial charge >= 0.3 is 16.3 Å². The van der Waals surface area contributed by atoms with Gasteiger partial charge in [-0.1, -0.05) is 0 Å². The lowest BCUT2D eigenvalue weighted by atomic mass is 10.2. The minimum Gasteiger partial charge on any atom is -0.444 e. The maximum Gasteiger partial charge on any atom is 0.410 e. The maximum atomic E-state index is 13.3. The van der Waals surface area contributed by atoms with Crippen LogP contribution in [0.25, 0.3) is 0 Å². The topological polar surface area (TPSA) is 79.0 Å². The largest absolute Gasteiger partial charge is 0.444 e. The molecule has 1 aromatic rings. The van der Waals surface area contributed by atoms with Crippen LogP contribution in [0.5, 0.6) is 0 Å². The molecule has 0 aromatic heterocycles. The average molecular weight is 373 g/mol. The quantitative estimate of drug-likeness (QED) is 0.882. The second-order valence-electron chi connectivity index (χ2n) is 6.94. The Morgan fingerprint density at radius 2 is 1.80 bits per heavy atom. The summed E-state index contributed by atoms with van der Waals surface area (Å²) >= 11 is 0. The summed E-state index contributed by atoms with van der Waals surface area (Å²) in [6.45, 7) is 7.72. The predicted octanol–water partition coefficient (Wildman–Crippen LogP) is 2.34. The first-order valence-electron chi connectivity index (χ1n) is 8.00. The van der Waals surface area contributed by atoms with Crippen molar-refractivity contribution in [1.29, 1.82) is 0 Å². The van der Waals surface area contributed by atoms with Gasteiger partial charge in [-0.05, 0) is 51.5 Å². The van der Waals surface area contributed by atoms with Crippen molar-refractivity contribution >= 4 is 22.0 Å². The molecule has 1 aliphatic heterocycles. The van der Waals surface area contributed by atoms with Crippen LogP contribution in [-0.4, -0.2) is 55.5 Å². The van der Waals surface area contributed by atoms with E-state index in [9.17, 15) is 17.6 Å². The Hall–Kier alpha value is -1.87. The van der Waals surface area contributed by atoms with Gasteiger partial charge in [-0.2, -0.15) is 12.7 Å². The molecule has 9 heteroatoms. The smallest absolute Gasteiger partial charge is 0.410 e. The lowest BCUT2D eigenvalue weighted by molar-refractivity contribution is 0.0193. The third-order valence-corrected chi connectivity index (χ3v) is 5.17. The first kappa shape index (κ1) is 19.5. The van der Waals surface area contributed by atoms with E-state index in [2.05, 4.69) is 4.72 Å². The Morgan fingerprint density at radius 1 is 1.20 bits per heavy atom. The number of piperazine rings is 1. The Balaban J connectivity index is 1.96. The number of carbonyl (C=O) groups excluding carboxylic acids is 1. The molecule has 0 spiro atoms. The number of anilines is 1. The van der Waals surface area contributed by atoms with Crippen LogP contribution in [0.3, 0.4) is 0 Å². The summed E-state index contributed by atoms with van der Waals surface area (Å²) in [7, 11) is -3.77. The Kier molecular flexibility index (Phi) is 5.58. The summed E-state index contributed by atoms with van der Waals surface area (Å²) in [5.74, 6) is -0.395. The van der Waals surface area contributed by atoms with Crippen molar-refractivity contribution in [2.45, 2.75) is 33.3 Å². The van der Waals surface area contributed by atoms with E-state index in [4.69, 9.17) is 4.74 Å². The van der Waals surface area contributed by atoms with Gasteiger partial charge in [0.25, 0.3) is 0 Å². The Bertz CT molecular complexity index is 738. The molecule has 25 heavy (non-hydrogen) atoms. The van der Waals surface area contributed by atoms with E-state index >= 15 is 0 Å². The SMILES string of the molecule is Cc1cc(NS(=O)(=O)N2CCN(C(=O)OC(C)(C)C)CC2)ccc1F. The highest BCUT2D eigenvalue weighted by Gasteiger charge is 2.31. The highest BCUT2D eigenvalue weighted by Crippen LogP contribution is 2.18. The summed E-state index contributed by atoms with van der Waals surface area (Å²) in [6, 6.07) is 4.02. The fourth-order valence-electron chi connectivity index (χ4n) is 2.36. The van der Waals surface area contributed by atoms with Gasteiger partial charge in [-0.15, -0.1) is 0 Å². The molecule has 0 radical (unpaired) electrons. The van der Waals surface area contributed by atoms with Crippen LogP contribution in [0, 0.1) is 12.7 Å². The first-order valence-corrected chi connectivity index (χ1v) is 9.44. The molecule has 1 saturated heterocycles. The number of amides is 1. The van der Waals surface area contributed by atoms with E-state index in [1.54, 1.807) is 27.7 Å². The summed E-state index contributed by atoms with van der Waals surface area (Å²) < 4.78 is 47.1. The highest BCUT2D eigenvalue weighted by atomic mass is 32.2. The molecule has 1 amide bonds. The van der Waals surface area contributed by atoms with Crippen LogP contribution in [-0.2, 0) is 14.9 Å². The van der Waals surface area contributed by atoms with Crippen molar-refractivity contribution in [3.63, 3.8) is 0 Å². The van der Waals surface area contributed by atoms with Gasteiger partial charge in [0.15, 0.2) is 0 Å². The number of nitrogens with zero attached hydrogens (tertiary/aromatic N) is 2. The lowest BCUT2D eigenvalue weighted by Gasteiger charge is -2.34. The van der Waals surface area contributed by atoms with E-state index in [1.165, 1.54) is 27.4 Å². The van der Waals surface area contributed by atoms with Crippen LogP contribution in [0.15, 0.2) is 18.2 Å². The van der Waals surface area contributed by atoms with E-state index < -0.39 is 27.7 Å². The van der Waals surface area contributed by atoms with Crippen molar-refractivity contribution in [3.8, 4) is 0 Å². The van der Waals surface area contributed by atoms with Crippen molar-refractivity contribution < 1.29 is 22.3 Å². The van der Waals surface area contributed by atoms with Gasteiger partial charge < -0.3 is 9.64 Å². The molecule has 0 bridgehead atoms. The fraction of sp³-hybridized carbons (Fsp3) is 0.562. The normalized spacial score (nSPS) is 16.6. The minimum atomic E-state index is -3.77. The minimum absolute atomic E-state index is 0.161. The summed E-state index contributed by atoms with van der Waals surface area (Å²) in [5.41, 5.74) is 0.0610. The molecule has 1 N–H and O–H groups in total. The van der Waals surface area contributed by atoms with Crippen molar-refractivity contribution in [2.24, 2.45) is 0 Å². The number of aryl methyl sites for hydroxylation is 1. The molecule has 1 aromatic carbocycles. The zero-order valence-electron chi connectivity index (χ0n) is 14.9. The van der Waals surface area contributed by atoms with Gasteiger partial charge in [0.1, 0.15) is 11.4 Å². The van der Waals surface area contributed by atoms with Gasteiger partial charge in [0, 0.05) is 26.2 Å². The van der Waals surface area contributed by atoms with Crippen molar-refractivity contribution in [1.82, 2.24) is 9.21 Å². The molecular weight excluding hydrogens is 349 g/mol. The number of carbonyl (C=O) groups is 1. The van der Waals surface area contributed by atoms with Crippen molar-refractivity contribution in [3.05, 3.63) is 29.6 Å². The molecule has 0 atom stereocenters. The van der Waals surface area contributed by atoms with Crippen LogP contribution in [0.4, 0.5) is 14.9 Å². The number of hydrogen-bond acceptors (Lipinski definition) is 4. The number of nitrogens with one attached hydrogen (secondary N) is 1. The third-order valence-electron chi connectivity index (χ3n) is 3.64. The standard InChI is InChI=1S/C16H24FN3O4S/c1-12-11-13(5-6-14(12)17)18-25(22,23)20-9-7-19(8-10-20)15(21)24-16(2,3)4/h5-6,11,18H,7-10H2,1-4H3. The fourth-order valence-corrected chi connectivity index (χ4v) is 3.56. The summed E-state index contributed by atoms with van der Waals surface area (Å²) in [6.07, 6.45) is -0.452. The molecule has 0 aliphatic carbocycles. The Morgan fingerprint density at radius 3 is 2.32 bits per heavy atom.